The van der Waals surface area contributed by atoms with Gasteiger partial charge in [0.25, 0.3) is 0 Å². The lowest BCUT2D eigenvalue weighted by Gasteiger charge is -2.25. The lowest BCUT2D eigenvalue weighted by atomic mass is 9.79. The Labute approximate surface area is 177 Å². The highest BCUT2D eigenvalue weighted by molar-refractivity contribution is 5.59. The minimum absolute atomic E-state index is 0.286. The lowest BCUT2D eigenvalue weighted by Crippen LogP contribution is -2.14. The van der Waals surface area contributed by atoms with E-state index in [1.165, 1.54) is 61.6 Å². The van der Waals surface area contributed by atoms with Crippen molar-refractivity contribution in [2.45, 2.75) is 89.9 Å². The normalized spacial score (nSPS) is 19.2. The van der Waals surface area contributed by atoms with Gasteiger partial charge in [-0.1, -0.05) is 75.8 Å². The number of benzene rings is 1. The van der Waals surface area contributed by atoms with Crippen molar-refractivity contribution >= 4 is 6.29 Å². The molecule has 1 aromatic carbocycles. The molecular weight excluding hydrogens is 354 g/mol. The highest BCUT2D eigenvalue weighted by Crippen LogP contribution is 2.35. The SMILES string of the molecule is CCCCCCCCCc1ccc(-c2ccc(C3CCC(C=O)CC3)cc2)nc1. The predicted octanol–water partition coefficient (Wildman–Crippen LogP) is 7.51. The molecule has 1 aromatic heterocycles. The molecular formula is C27H37NO. The number of carbonyl (C=O) groups is 1. The highest BCUT2D eigenvalue weighted by Gasteiger charge is 2.21. The van der Waals surface area contributed by atoms with E-state index in [0.717, 1.165) is 44.1 Å². The number of aldehydes is 1. The van der Waals surface area contributed by atoms with Gasteiger partial charge in [0.15, 0.2) is 0 Å². The van der Waals surface area contributed by atoms with E-state index < -0.39 is 0 Å². The third kappa shape index (κ3) is 6.80. The van der Waals surface area contributed by atoms with Crippen molar-refractivity contribution in [1.29, 1.82) is 0 Å². The maximum atomic E-state index is 10.9. The van der Waals surface area contributed by atoms with Gasteiger partial charge in [0.05, 0.1) is 5.69 Å². The Morgan fingerprint density at radius 3 is 2.17 bits per heavy atom. The van der Waals surface area contributed by atoms with Crippen LogP contribution in [0.15, 0.2) is 42.6 Å². The molecule has 2 nitrogen and oxygen atoms in total. The molecule has 2 aromatic rings. The van der Waals surface area contributed by atoms with Gasteiger partial charge in [0.1, 0.15) is 6.29 Å². The van der Waals surface area contributed by atoms with Crippen molar-refractivity contribution in [3.05, 3.63) is 53.7 Å². The van der Waals surface area contributed by atoms with Crippen LogP contribution in [-0.2, 0) is 11.2 Å². The topological polar surface area (TPSA) is 30.0 Å². The molecule has 156 valence electrons. The molecule has 1 aliphatic carbocycles. The first-order valence-electron chi connectivity index (χ1n) is 11.8. The maximum absolute atomic E-state index is 10.9. The molecule has 0 unspecified atom stereocenters. The van der Waals surface area contributed by atoms with Crippen LogP contribution in [-0.4, -0.2) is 11.3 Å². The summed E-state index contributed by atoms with van der Waals surface area (Å²) in [6.45, 7) is 2.27. The fourth-order valence-electron chi connectivity index (χ4n) is 4.54. The van der Waals surface area contributed by atoms with E-state index in [9.17, 15) is 4.79 Å². The number of aryl methyl sites for hydroxylation is 1. The number of hydrogen-bond donors (Lipinski definition) is 0. The molecule has 29 heavy (non-hydrogen) atoms. The third-order valence-electron chi connectivity index (χ3n) is 6.54. The summed E-state index contributed by atoms with van der Waals surface area (Å²) < 4.78 is 0. The zero-order valence-corrected chi connectivity index (χ0v) is 18.1. The lowest BCUT2D eigenvalue weighted by molar-refractivity contribution is -0.111. The average molecular weight is 392 g/mol. The number of hydrogen-bond acceptors (Lipinski definition) is 2. The Kier molecular flexibility index (Phi) is 8.92. The Morgan fingerprint density at radius 2 is 1.55 bits per heavy atom. The third-order valence-corrected chi connectivity index (χ3v) is 6.54. The highest BCUT2D eigenvalue weighted by atomic mass is 16.1. The first kappa shape index (κ1) is 21.7. The van der Waals surface area contributed by atoms with Crippen molar-refractivity contribution < 1.29 is 4.79 Å². The fourth-order valence-corrected chi connectivity index (χ4v) is 4.54. The van der Waals surface area contributed by atoms with Gasteiger partial charge in [-0.05, 0) is 61.6 Å². The molecule has 0 bridgehead atoms. The molecule has 1 aliphatic rings. The van der Waals surface area contributed by atoms with E-state index in [0.29, 0.717) is 5.92 Å². The monoisotopic (exact) mass is 391 g/mol. The van der Waals surface area contributed by atoms with Gasteiger partial charge in [-0.15, -0.1) is 0 Å². The molecule has 0 spiro atoms. The molecule has 1 saturated carbocycles. The van der Waals surface area contributed by atoms with Gasteiger partial charge < -0.3 is 4.79 Å². The summed E-state index contributed by atoms with van der Waals surface area (Å²) in [6.07, 6.45) is 18.1. The molecule has 1 fully saturated rings. The van der Waals surface area contributed by atoms with Gasteiger partial charge in [0, 0.05) is 17.7 Å². The van der Waals surface area contributed by atoms with Gasteiger partial charge in [-0.3, -0.25) is 4.98 Å². The molecule has 0 aliphatic heterocycles. The molecule has 0 N–H and O–H groups in total. The van der Waals surface area contributed by atoms with Crippen LogP contribution >= 0.6 is 0 Å². The number of nitrogens with zero attached hydrogens (tertiary/aromatic N) is 1. The average Bonchev–Trinajstić information content (AvgIpc) is 2.79. The number of rotatable bonds is 11. The van der Waals surface area contributed by atoms with Crippen LogP contribution in [0.3, 0.4) is 0 Å². The van der Waals surface area contributed by atoms with E-state index in [4.69, 9.17) is 4.98 Å². The number of aromatic nitrogens is 1. The molecule has 0 saturated heterocycles. The first-order valence-corrected chi connectivity index (χ1v) is 11.8. The predicted molar refractivity (Wildman–Crippen MR) is 122 cm³/mol. The quantitative estimate of drug-likeness (QED) is 0.293. The Balaban J connectivity index is 1.45. The first-order chi connectivity index (χ1) is 14.3. The summed E-state index contributed by atoms with van der Waals surface area (Å²) in [5, 5.41) is 0. The van der Waals surface area contributed by atoms with Crippen LogP contribution in [0.25, 0.3) is 11.3 Å². The second-order valence-electron chi connectivity index (χ2n) is 8.79. The number of carbonyl (C=O) groups excluding carboxylic acids is 1. The van der Waals surface area contributed by atoms with Gasteiger partial charge >= 0.3 is 0 Å². The Morgan fingerprint density at radius 1 is 0.862 bits per heavy atom. The van der Waals surface area contributed by atoms with E-state index in [2.05, 4.69) is 49.5 Å². The largest absolute Gasteiger partial charge is 0.303 e. The van der Waals surface area contributed by atoms with Crippen LogP contribution in [0.5, 0.6) is 0 Å². The number of unbranched alkanes of at least 4 members (excludes halogenated alkanes) is 6. The number of pyridine rings is 1. The van der Waals surface area contributed by atoms with E-state index in [1.54, 1.807) is 0 Å². The smallest absolute Gasteiger partial charge is 0.123 e. The summed E-state index contributed by atoms with van der Waals surface area (Å²) in [5.41, 5.74) is 5.02. The van der Waals surface area contributed by atoms with E-state index in [1.807, 2.05) is 0 Å². The van der Waals surface area contributed by atoms with Crippen LogP contribution in [0.4, 0.5) is 0 Å². The minimum atomic E-state index is 0.286. The molecule has 1 heterocycles. The van der Waals surface area contributed by atoms with Crippen LogP contribution in [0, 0.1) is 5.92 Å². The summed E-state index contributed by atoms with van der Waals surface area (Å²) in [6, 6.07) is 13.3. The van der Waals surface area contributed by atoms with Gasteiger partial charge in [-0.2, -0.15) is 0 Å². The summed E-state index contributed by atoms with van der Waals surface area (Å²) >= 11 is 0. The van der Waals surface area contributed by atoms with Gasteiger partial charge in [0.2, 0.25) is 0 Å². The van der Waals surface area contributed by atoms with Crippen molar-refractivity contribution in [3.63, 3.8) is 0 Å². The minimum Gasteiger partial charge on any atom is -0.303 e. The van der Waals surface area contributed by atoms with Crippen LogP contribution in [0.1, 0.15) is 94.6 Å². The molecule has 2 heteroatoms. The standard InChI is InChI=1S/C27H37NO/c1-2-3-4-5-6-7-8-9-22-12-19-27(28-20-22)26-17-15-25(16-18-26)24-13-10-23(21-29)11-14-24/h12,15-21,23-24H,2-11,13-14H2,1H3. The fraction of sp³-hybridized carbons (Fsp3) is 0.556. The van der Waals surface area contributed by atoms with Crippen molar-refractivity contribution in [3.8, 4) is 11.3 Å². The summed E-state index contributed by atoms with van der Waals surface area (Å²) in [4.78, 5) is 15.7. The molecule has 0 amide bonds. The van der Waals surface area contributed by atoms with E-state index in [-0.39, 0.29) is 5.92 Å². The second-order valence-corrected chi connectivity index (χ2v) is 8.79. The van der Waals surface area contributed by atoms with E-state index >= 15 is 0 Å². The van der Waals surface area contributed by atoms with Crippen LogP contribution in [0.2, 0.25) is 0 Å². The molecule has 3 rings (SSSR count). The second kappa shape index (κ2) is 11.9. The van der Waals surface area contributed by atoms with Crippen molar-refractivity contribution in [2.24, 2.45) is 5.92 Å². The molecule has 0 atom stereocenters. The molecule has 0 radical (unpaired) electrons. The van der Waals surface area contributed by atoms with Crippen molar-refractivity contribution in [1.82, 2.24) is 4.98 Å². The Bertz CT molecular complexity index is 711. The summed E-state index contributed by atoms with van der Waals surface area (Å²) in [5.74, 6) is 0.895. The zero-order valence-electron chi connectivity index (χ0n) is 18.1. The van der Waals surface area contributed by atoms with Crippen molar-refractivity contribution in [2.75, 3.05) is 0 Å². The maximum Gasteiger partial charge on any atom is 0.123 e. The van der Waals surface area contributed by atoms with Gasteiger partial charge in [-0.25, -0.2) is 0 Å². The summed E-state index contributed by atoms with van der Waals surface area (Å²) in [7, 11) is 0. The zero-order chi connectivity index (χ0) is 20.3. The van der Waals surface area contributed by atoms with Crippen LogP contribution < -0.4 is 0 Å². The Hall–Kier alpha value is -1.96.